The summed E-state index contributed by atoms with van der Waals surface area (Å²) in [6.45, 7) is 0. The van der Waals surface area contributed by atoms with E-state index in [-0.39, 0.29) is 0 Å². The SMILES string of the molecule is c1ccc(-c2cccc(-c3nc(-c4ccc5c(c4)C4(c6ccccc6-c6ccccc6-c6ccccc64)c4ccccc4-5)cc(-c4cccc5c4oc4ccccc45)n3)c2)cc1. The highest BCUT2D eigenvalue weighted by molar-refractivity contribution is 6.09. The molecule has 11 aromatic rings. The standard InChI is InChI=1S/C59H36N2O/c1-2-16-37(17-3-1)38-18-14-19-40(34-38)58-60-54(36-55(61-58)49-27-15-26-48-47-25-9-13-31-56(47)62-57(48)49)39-32-33-46-45-24-8-12-30-52(45)59(53(46)35-39)50-28-10-6-22-43(50)41-20-4-5-21-42(41)44-23-7-11-29-51(44)59/h1-36H. The van der Waals surface area contributed by atoms with Gasteiger partial charge in [0.1, 0.15) is 11.2 Å². The van der Waals surface area contributed by atoms with Crippen molar-refractivity contribution >= 4 is 21.9 Å². The molecule has 0 N–H and O–H groups in total. The zero-order chi connectivity index (χ0) is 40.8. The van der Waals surface area contributed by atoms with Crippen molar-refractivity contribution in [1.82, 2.24) is 9.97 Å². The predicted octanol–water partition coefficient (Wildman–Crippen LogP) is 15.1. The third kappa shape index (κ3) is 5.00. The maximum Gasteiger partial charge on any atom is 0.160 e. The molecule has 0 saturated heterocycles. The second-order valence-electron chi connectivity index (χ2n) is 16.4. The summed E-state index contributed by atoms with van der Waals surface area (Å²) in [5, 5.41) is 2.15. The van der Waals surface area contributed by atoms with Crippen molar-refractivity contribution in [2.45, 2.75) is 5.41 Å². The molecule has 3 heteroatoms. The minimum atomic E-state index is -0.600. The third-order valence-corrected chi connectivity index (χ3v) is 13.1. The Hall–Kier alpha value is -8.14. The summed E-state index contributed by atoms with van der Waals surface area (Å²) in [4.78, 5) is 10.8. The molecule has 0 amide bonds. The first-order chi connectivity index (χ1) is 30.7. The fourth-order valence-corrected chi connectivity index (χ4v) is 10.5. The Labute approximate surface area is 359 Å². The molecule has 0 bridgehead atoms. The van der Waals surface area contributed by atoms with Crippen LogP contribution in [0.25, 0.3) is 100 Å². The third-order valence-electron chi connectivity index (χ3n) is 13.1. The van der Waals surface area contributed by atoms with Crippen molar-refractivity contribution in [3.8, 4) is 78.4 Å². The van der Waals surface area contributed by atoms with E-state index in [1.54, 1.807) is 0 Å². The van der Waals surface area contributed by atoms with Gasteiger partial charge < -0.3 is 4.42 Å². The number of hydrogen-bond acceptors (Lipinski definition) is 3. The maximum absolute atomic E-state index is 6.62. The van der Waals surface area contributed by atoms with Crippen molar-refractivity contribution < 1.29 is 4.42 Å². The van der Waals surface area contributed by atoms with Gasteiger partial charge in [0, 0.05) is 27.5 Å². The summed E-state index contributed by atoms with van der Waals surface area (Å²) < 4.78 is 6.62. The van der Waals surface area contributed by atoms with Gasteiger partial charge in [0.05, 0.1) is 16.8 Å². The first-order valence-electron chi connectivity index (χ1n) is 21.2. The lowest BCUT2D eigenvalue weighted by molar-refractivity contribution is 0.670. The second-order valence-corrected chi connectivity index (χ2v) is 16.4. The maximum atomic E-state index is 6.62. The summed E-state index contributed by atoms with van der Waals surface area (Å²) in [5.74, 6) is 0.655. The summed E-state index contributed by atoms with van der Waals surface area (Å²) in [5.41, 5.74) is 20.4. The minimum absolute atomic E-state index is 0.600. The van der Waals surface area contributed by atoms with E-state index in [0.717, 1.165) is 61.1 Å². The van der Waals surface area contributed by atoms with Crippen LogP contribution in [0, 0.1) is 0 Å². The van der Waals surface area contributed by atoms with E-state index in [1.807, 2.05) is 12.1 Å². The molecule has 2 aliphatic rings. The molecule has 1 spiro atoms. The number of aromatic nitrogens is 2. The first-order valence-corrected chi connectivity index (χ1v) is 21.2. The van der Waals surface area contributed by atoms with Crippen LogP contribution in [0.4, 0.5) is 0 Å². The molecule has 0 atom stereocenters. The van der Waals surface area contributed by atoms with Crippen LogP contribution < -0.4 is 0 Å². The molecule has 62 heavy (non-hydrogen) atoms. The smallest absolute Gasteiger partial charge is 0.160 e. The summed E-state index contributed by atoms with van der Waals surface area (Å²) in [7, 11) is 0. The van der Waals surface area contributed by atoms with Crippen molar-refractivity contribution in [1.29, 1.82) is 0 Å². The molecule has 0 fully saturated rings. The summed E-state index contributed by atoms with van der Waals surface area (Å²) in [6, 6.07) is 78.7. The van der Waals surface area contributed by atoms with E-state index in [4.69, 9.17) is 14.4 Å². The predicted molar refractivity (Wildman–Crippen MR) is 253 cm³/mol. The van der Waals surface area contributed by atoms with Gasteiger partial charge in [-0.2, -0.15) is 0 Å². The number of para-hydroxylation sites is 2. The quantitative estimate of drug-likeness (QED) is 0.178. The molecule has 0 saturated carbocycles. The van der Waals surface area contributed by atoms with Gasteiger partial charge in [-0.25, -0.2) is 9.97 Å². The average Bonchev–Trinajstić information content (AvgIpc) is 3.84. The number of hydrogen-bond donors (Lipinski definition) is 0. The van der Waals surface area contributed by atoms with Gasteiger partial charge in [0.15, 0.2) is 5.82 Å². The van der Waals surface area contributed by atoms with Crippen LogP contribution in [0.1, 0.15) is 22.3 Å². The van der Waals surface area contributed by atoms with E-state index in [0.29, 0.717) is 5.82 Å². The normalized spacial score (nSPS) is 13.0. The number of nitrogens with zero attached hydrogens (tertiary/aromatic N) is 2. The highest BCUT2D eigenvalue weighted by atomic mass is 16.3. The lowest BCUT2D eigenvalue weighted by atomic mass is 9.65. The molecule has 3 nitrogen and oxygen atoms in total. The highest BCUT2D eigenvalue weighted by Crippen LogP contribution is 2.61. The van der Waals surface area contributed by atoms with Crippen LogP contribution >= 0.6 is 0 Å². The van der Waals surface area contributed by atoms with E-state index in [9.17, 15) is 0 Å². The first kappa shape index (κ1) is 34.7. The van der Waals surface area contributed by atoms with Gasteiger partial charge in [-0.3, -0.25) is 0 Å². The Kier molecular flexibility index (Phi) is 7.52. The summed E-state index contributed by atoms with van der Waals surface area (Å²) in [6.07, 6.45) is 0. The van der Waals surface area contributed by atoms with Gasteiger partial charge >= 0.3 is 0 Å². The van der Waals surface area contributed by atoms with Crippen LogP contribution in [-0.4, -0.2) is 9.97 Å². The molecular formula is C59H36N2O. The Balaban J connectivity index is 1.09. The fourth-order valence-electron chi connectivity index (χ4n) is 10.5. The van der Waals surface area contributed by atoms with Gasteiger partial charge in [-0.05, 0) is 97.1 Å². The zero-order valence-electron chi connectivity index (χ0n) is 33.6. The Morgan fingerprint density at radius 1 is 0.306 bits per heavy atom. The van der Waals surface area contributed by atoms with Gasteiger partial charge in [0.25, 0.3) is 0 Å². The molecule has 9 aromatic carbocycles. The Bertz CT molecular complexity index is 3530. The molecule has 2 heterocycles. The minimum Gasteiger partial charge on any atom is -0.455 e. The van der Waals surface area contributed by atoms with Crippen molar-refractivity contribution in [2.75, 3.05) is 0 Å². The van der Waals surface area contributed by atoms with E-state index < -0.39 is 5.41 Å². The number of benzene rings is 9. The van der Waals surface area contributed by atoms with Crippen LogP contribution in [0.5, 0.6) is 0 Å². The molecule has 0 radical (unpaired) electrons. The molecule has 0 unspecified atom stereocenters. The monoisotopic (exact) mass is 788 g/mol. The lowest BCUT2D eigenvalue weighted by Crippen LogP contribution is -2.29. The molecule has 2 aliphatic carbocycles. The van der Waals surface area contributed by atoms with Crippen LogP contribution in [0.3, 0.4) is 0 Å². The number of rotatable bonds is 4. The van der Waals surface area contributed by atoms with Crippen molar-refractivity contribution in [2.24, 2.45) is 0 Å². The molecular weight excluding hydrogens is 753 g/mol. The Morgan fingerprint density at radius 2 is 0.823 bits per heavy atom. The molecule has 13 rings (SSSR count). The number of furan rings is 1. The average molecular weight is 789 g/mol. The van der Waals surface area contributed by atoms with Crippen molar-refractivity contribution in [3.63, 3.8) is 0 Å². The lowest BCUT2D eigenvalue weighted by Gasteiger charge is -2.35. The topological polar surface area (TPSA) is 38.9 Å². The van der Waals surface area contributed by atoms with E-state index >= 15 is 0 Å². The van der Waals surface area contributed by atoms with Crippen LogP contribution in [0.2, 0.25) is 0 Å². The summed E-state index contributed by atoms with van der Waals surface area (Å²) >= 11 is 0. The fraction of sp³-hybridized carbons (Fsp3) is 0.0169. The largest absolute Gasteiger partial charge is 0.455 e. The highest BCUT2D eigenvalue weighted by Gasteiger charge is 2.49. The van der Waals surface area contributed by atoms with Gasteiger partial charge in [-0.1, -0.05) is 188 Å². The van der Waals surface area contributed by atoms with E-state index in [1.165, 1.54) is 55.6 Å². The van der Waals surface area contributed by atoms with E-state index in [2.05, 4.69) is 206 Å². The van der Waals surface area contributed by atoms with Gasteiger partial charge in [-0.15, -0.1) is 0 Å². The molecule has 0 aliphatic heterocycles. The van der Waals surface area contributed by atoms with Crippen LogP contribution in [-0.2, 0) is 5.41 Å². The number of fused-ring (bicyclic) bond motifs is 15. The second kappa shape index (κ2) is 13.4. The molecule has 288 valence electrons. The molecule has 2 aromatic heterocycles. The van der Waals surface area contributed by atoms with Crippen LogP contribution in [0.15, 0.2) is 223 Å². The van der Waals surface area contributed by atoms with Crippen molar-refractivity contribution in [3.05, 3.63) is 241 Å². The zero-order valence-corrected chi connectivity index (χ0v) is 33.6. The van der Waals surface area contributed by atoms with Gasteiger partial charge in [0.2, 0.25) is 0 Å². The Morgan fingerprint density at radius 3 is 1.55 bits per heavy atom.